The van der Waals surface area contributed by atoms with Crippen molar-refractivity contribution in [2.75, 3.05) is 49.5 Å². The predicted molar refractivity (Wildman–Crippen MR) is 136 cm³/mol. The minimum Gasteiger partial charge on any atom is -0.369 e. The molecule has 1 aliphatic heterocycles. The van der Waals surface area contributed by atoms with Crippen LogP contribution in [0.25, 0.3) is 0 Å². The van der Waals surface area contributed by atoms with Crippen molar-refractivity contribution in [3.05, 3.63) is 59.2 Å². The number of hydrogen-bond donors (Lipinski definition) is 2. The summed E-state index contributed by atoms with van der Waals surface area (Å²) in [6, 6.07) is 13.8. The largest absolute Gasteiger partial charge is 0.369 e. The van der Waals surface area contributed by atoms with Crippen molar-refractivity contribution in [2.24, 2.45) is 0 Å². The molecule has 2 N–H and O–H groups in total. The summed E-state index contributed by atoms with van der Waals surface area (Å²) in [5.41, 5.74) is 4.90. The molecule has 6 heteroatoms. The molecule has 2 amide bonds. The Morgan fingerprint density at radius 3 is 2.21 bits per heavy atom. The number of anilines is 2. The molecule has 1 aliphatic rings. The Kier molecular flexibility index (Phi) is 8.14. The zero-order chi connectivity index (χ0) is 24.0. The molecule has 178 valence electrons. The summed E-state index contributed by atoms with van der Waals surface area (Å²) < 4.78 is 0. The van der Waals surface area contributed by atoms with Gasteiger partial charge in [0.15, 0.2) is 0 Å². The minimum absolute atomic E-state index is 0.0491. The van der Waals surface area contributed by atoms with Crippen LogP contribution in [0, 0.1) is 6.92 Å². The van der Waals surface area contributed by atoms with E-state index in [1.165, 1.54) is 11.3 Å². The smallest absolute Gasteiger partial charge is 0.251 e. The van der Waals surface area contributed by atoms with Crippen molar-refractivity contribution >= 4 is 23.2 Å². The van der Waals surface area contributed by atoms with Crippen molar-refractivity contribution in [1.82, 2.24) is 10.2 Å². The van der Waals surface area contributed by atoms with Gasteiger partial charge in [0.05, 0.1) is 0 Å². The lowest BCUT2D eigenvalue weighted by atomic mass is 9.87. The van der Waals surface area contributed by atoms with Crippen LogP contribution in [0.4, 0.5) is 11.4 Å². The molecule has 0 aromatic heterocycles. The molecule has 1 saturated heterocycles. The van der Waals surface area contributed by atoms with Gasteiger partial charge in [-0.05, 0) is 60.3 Å². The summed E-state index contributed by atoms with van der Waals surface area (Å²) in [6.07, 6.45) is 0.228. The molecule has 33 heavy (non-hydrogen) atoms. The van der Waals surface area contributed by atoms with Gasteiger partial charge in [-0.2, -0.15) is 0 Å². The lowest BCUT2D eigenvalue weighted by Gasteiger charge is -2.35. The first-order valence-electron chi connectivity index (χ1n) is 11.9. The Balaban J connectivity index is 1.46. The van der Waals surface area contributed by atoms with Crippen molar-refractivity contribution in [1.29, 1.82) is 0 Å². The van der Waals surface area contributed by atoms with Crippen LogP contribution >= 0.6 is 0 Å². The Morgan fingerprint density at radius 2 is 1.64 bits per heavy atom. The van der Waals surface area contributed by atoms with E-state index in [0.717, 1.165) is 44.0 Å². The van der Waals surface area contributed by atoms with E-state index in [1.807, 2.05) is 37.3 Å². The fourth-order valence-electron chi connectivity index (χ4n) is 4.03. The Hall–Kier alpha value is -2.86. The van der Waals surface area contributed by atoms with E-state index in [9.17, 15) is 9.59 Å². The lowest BCUT2D eigenvalue weighted by molar-refractivity contribution is -0.116. The minimum atomic E-state index is -0.160. The fourth-order valence-corrected chi connectivity index (χ4v) is 4.03. The summed E-state index contributed by atoms with van der Waals surface area (Å²) in [7, 11) is 0. The van der Waals surface area contributed by atoms with Gasteiger partial charge in [0.1, 0.15) is 0 Å². The van der Waals surface area contributed by atoms with Gasteiger partial charge < -0.3 is 20.4 Å². The molecule has 0 bridgehead atoms. The van der Waals surface area contributed by atoms with Gasteiger partial charge in [-0.15, -0.1) is 0 Å². The third kappa shape index (κ3) is 6.81. The van der Waals surface area contributed by atoms with Crippen LogP contribution in [-0.4, -0.2) is 56.0 Å². The molecular formula is C27H38N4O2. The zero-order valence-corrected chi connectivity index (χ0v) is 20.7. The van der Waals surface area contributed by atoms with Crippen molar-refractivity contribution in [2.45, 2.75) is 46.5 Å². The van der Waals surface area contributed by atoms with Gasteiger partial charge in [-0.3, -0.25) is 9.59 Å². The molecule has 0 atom stereocenters. The maximum absolute atomic E-state index is 12.4. The Labute approximate surface area is 198 Å². The molecular weight excluding hydrogens is 412 g/mol. The molecule has 0 unspecified atom stereocenters. The summed E-state index contributed by atoms with van der Waals surface area (Å²) in [6.45, 7) is 16.3. The number of nitrogens with one attached hydrogen (secondary N) is 2. The predicted octanol–water partition coefficient (Wildman–Crippen LogP) is 4.19. The van der Waals surface area contributed by atoms with Gasteiger partial charge in [0, 0.05) is 56.1 Å². The second-order valence-corrected chi connectivity index (χ2v) is 9.80. The number of piperazine rings is 1. The van der Waals surface area contributed by atoms with Crippen LogP contribution in [0.5, 0.6) is 0 Å². The Morgan fingerprint density at radius 1 is 0.970 bits per heavy atom. The van der Waals surface area contributed by atoms with Crippen LogP contribution in [0.1, 0.15) is 55.6 Å². The number of carbonyl (C=O) groups excluding carboxylic acids is 2. The van der Waals surface area contributed by atoms with Gasteiger partial charge in [0.2, 0.25) is 5.91 Å². The highest BCUT2D eigenvalue weighted by Gasteiger charge is 2.17. The Bertz CT molecular complexity index is 955. The SMILES string of the molecule is CCN1CCN(c2ccc(NC(=O)CCNC(=O)c3ccc(C(C)(C)C)cc3)c(C)c2)CC1. The van der Waals surface area contributed by atoms with E-state index in [-0.39, 0.29) is 23.7 Å². The second kappa shape index (κ2) is 10.8. The average Bonchev–Trinajstić information content (AvgIpc) is 2.80. The van der Waals surface area contributed by atoms with E-state index in [4.69, 9.17) is 0 Å². The number of carbonyl (C=O) groups is 2. The van der Waals surface area contributed by atoms with E-state index in [1.54, 1.807) is 0 Å². The number of rotatable bonds is 7. The molecule has 3 rings (SSSR count). The first-order chi connectivity index (χ1) is 15.7. The highest BCUT2D eigenvalue weighted by Crippen LogP contribution is 2.24. The quantitative estimate of drug-likeness (QED) is 0.664. The highest BCUT2D eigenvalue weighted by atomic mass is 16.2. The third-order valence-electron chi connectivity index (χ3n) is 6.32. The molecule has 0 aliphatic carbocycles. The lowest BCUT2D eigenvalue weighted by Crippen LogP contribution is -2.46. The number of likely N-dealkylation sites (N-methyl/N-ethyl adjacent to an activating group) is 1. The molecule has 2 aromatic rings. The van der Waals surface area contributed by atoms with Crippen LogP contribution in [0.3, 0.4) is 0 Å². The van der Waals surface area contributed by atoms with Gasteiger partial charge in [-0.25, -0.2) is 0 Å². The summed E-state index contributed by atoms with van der Waals surface area (Å²) in [5.74, 6) is -0.266. The van der Waals surface area contributed by atoms with Crippen molar-refractivity contribution in [3.8, 4) is 0 Å². The molecule has 2 aromatic carbocycles. The van der Waals surface area contributed by atoms with Crippen molar-refractivity contribution < 1.29 is 9.59 Å². The van der Waals surface area contributed by atoms with Gasteiger partial charge in [0.25, 0.3) is 5.91 Å². The fraction of sp³-hybridized carbons (Fsp3) is 0.481. The van der Waals surface area contributed by atoms with Crippen molar-refractivity contribution in [3.63, 3.8) is 0 Å². The number of hydrogen-bond acceptors (Lipinski definition) is 4. The maximum atomic E-state index is 12.4. The number of benzene rings is 2. The monoisotopic (exact) mass is 450 g/mol. The average molecular weight is 451 g/mol. The summed E-state index contributed by atoms with van der Waals surface area (Å²) in [5, 5.41) is 5.82. The molecule has 1 heterocycles. The first kappa shape index (κ1) is 24.8. The van der Waals surface area contributed by atoms with E-state index in [0.29, 0.717) is 12.1 Å². The molecule has 6 nitrogen and oxygen atoms in total. The normalized spacial score (nSPS) is 14.8. The van der Waals surface area contributed by atoms with Crippen LogP contribution in [0.2, 0.25) is 0 Å². The molecule has 0 spiro atoms. The maximum Gasteiger partial charge on any atom is 0.251 e. The molecule has 0 saturated carbocycles. The number of nitrogens with zero attached hydrogens (tertiary/aromatic N) is 2. The van der Waals surface area contributed by atoms with Crippen LogP contribution in [0.15, 0.2) is 42.5 Å². The molecule has 0 radical (unpaired) electrons. The van der Waals surface area contributed by atoms with Crippen LogP contribution < -0.4 is 15.5 Å². The summed E-state index contributed by atoms with van der Waals surface area (Å²) >= 11 is 0. The third-order valence-corrected chi connectivity index (χ3v) is 6.32. The number of aryl methyl sites for hydroxylation is 1. The van der Waals surface area contributed by atoms with Gasteiger partial charge in [-0.1, -0.05) is 39.8 Å². The zero-order valence-electron chi connectivity index (χ0n) is 20.7. The first-order valence-corrected chi connectivity index (χ1v) is 11.9. The second-order valence-electron chi connectivity index (χ2n) is 9.80. The van der Waals surface area contributed by atoms with Gasteiger partial charge >= 0.3 is 0 Å². The van der Waals surface area contributed by atoms with E-state index >= 15 is 0 Å². The van der Waals surface area contributed by atoms with Crippen LogP contribution in [-0.2, 0) is 10.2 Å². The number of amides is 2. The topological polar surface area (TPSA) is 64.7 Å². The standard InChI is InChI=1S/C27H38N4O2/c1-6-30-15-17-31(18-16-30)23-11-12-24(20(2)19-23)29-25(32)13-14-28-26(33)21-7-9-22(10-8-21)27(3,4)5/h7-12,19H,6,13-18H2,1-5H3,(H,28,33)(H,29,32). The van der Waals surface area contributed by atoms with E-state index < -0.39 is 0 Å². The van der Waals surface area contributed by atoms with E-state index in [2.05, 4.69) is 60.3 Å². The summed E-state index contributed by atoms with van der Waals surface area (Å²) in [4.78, 5) is 29.6. The molecule has 1 fully saturated rings. The highest BCUT2D eigenvalue weighted by molar-refractivity contribution is 5.95.